The quantitative estimate of drug-likeness (QED) is 0.555. The third kappa shape index (κ3) is 4.64. The number of ether oxygens (including phenoxy) is 2. The van der Waals surface area contributed by atoms with Gasteiger partial charge in [-0.05, 0) is 50.8 Å². The number of rotatable bonds is 5. The van der Waals surface area contributed by atoms with Crippen molar-refractivity contribution >= 4 is 56.6 Å². The number of thiazole rings is 1. The highest BCUT2D eigenvalue weighted by atomic mass is 35.5. The minimum atomic E-state index is -0.719. The van der Waals surface area contributed by atoms with Crippen LogP contribution < -0.4 is 14.4 Å². The van der Waals surface area contributed by atoms with E-state index in [0.717, 1.165) is 15.8 Å². The monoisotopic (exact) mass is 467 g/mol. The summed E-state index contributed by atoms with van der Waals surface area (Å²) in [5, 5.41) is 1.30. The lowest BCUT2D eigenvalue weighted by molar-refractivity contribution is -0.127. The van der Waals surface area contributed by atoms with Gasteiger partial charge < -0.3 is 14.4 Å². The van der Waals surface area contributed by atoms with Crippen molar-refractivity contribution in [3.05, 3.63) is 47.0 Å². The fourth-order valence-corrected chi connectivity index (χ4v) is 4.63. The van der Waals surface area contributed by atoms with Crippen LogP contribution in [0.2, 0.25) is 5.02 Å². The SMILES string of the molecule is Cc1cc(Cl)cc2sc(N(CCN(C)C)C(=O)C3COc4ccccc4O3)nc12.Cl. The number of para-hydroxylation sites is 2. The number of anilines is 1. The molecule has 30 heavy (non-hydrogen) atoms. The fraction of sp³-hybridized carbons (Fsp3) is 0.333. The first-order chi connectivity index (χ1) is 13.9. The number of hydrogen-bond acceptors (Lipinski definition) is 6. The van der Waals surface area contributed by atoms with Gasteiger partial charge in [-0.3, -0.25) is 9.69 Å². The van der Waals surface area contributed by atoms with Gasteiger partial charge in [0, 0.05) is 18.1 Å². The molecule has 1 atom stereocenters. The lowest BCUT2D eigenvalue weighted by Crippen LogP contribution is -2.48. The van der Waals surface area contributed by atoms with Crippen molar-refractivity contribution in [2.45, 2.75) is 13.0 Å². The van der Waals surface area contributed by atoms with E-state index < -0.39 is 6.10 Å². The van der Waals surface area contributed by atoms with E-state index in [-0.39, 0.29) is 24.9 Å². The first-order valence-corrected chi connectivity index (χ1v) is 10.5. The first kappa shape index (κ1) is 22.6. The van der Waals surface area contributed by atoms with Crippen molar-refractivity contribution in [3.8, 4) is 11.5 Å². The Balaban J connectivity index is 0.00000256. The number of aromatic nitrogens is 1. The summed E-state index contributed by atoms with van der Waals surface area (Å²) in [6.07, 6.45) is -0.719. The van der Waals surface area contributed by atoms with Gasteiger partial charge in [0.15, 0.2) is 16.6 Å². The van der Waals surface area contributed by atoms with E-state index >= 15 is 0 Å². The molecule has 1 amide bonds. The number of hydrogen-bond donors (Lipinski definition) is 0. The third-order valence-corrected chi connectivity index (χ3v) is 5.93. The van der Waals surface area contributed by atoms with Crippen molar-refractivity contribution in [2.24, 2.45) is 0 Å². The lowest BCUT2D eigenvalue weighted by Gasteiger charge is -2.30. The van der Waals surface area contributed by atoms with Crippen LogP contribution in [0.25, 0.3) is 10.2 Å². The number of aryl methyl sites for hydroxylation is 1. The summed E-state index contributed by atoms with van der Waals surface area (Å²) in [4.78, 5) is 21.9. The molecule has 2 aromatic carbocycles. The van der Waals surface area contributed by atoms with Gasteiger partial charge in [-0.1, -0.05) is 35.1 Å². The smallest absolute Gasteiger partial charge is 0.273 e. The van der Waals surface area contributed by atoms with Gasteiger partial charge in [-0.15, -0.1) is 12.4 Å². The Morgan fingerprint density at radius 1 is 1.23 bits per heavy atom. The maximum Gasteiger partial charge on any atom is 0.273 e. The van der Waals surface area contributed by atoms with Gasteiger partial charge in [0.05, 0.1) is 10.2 Å². The zero-order valence-electron chi connectivity index (χ0n) is 16.9. The van der Waals surface area contributed by atoms with E-state index in [0.29, 0.717) is 34.7 Å². The predicted molar refractivity (Wildman–Crippen MR) is 124 cm³/mol. The number of likely N-dealkylation sites (N-methyl/N-ethyl adjacent to an activating group) is 1. The van der Waals surface area contributed by atoms with Crippen LogP contribution in [0.5, 0.6) is 11.5 Å². The van der Waals surface area contributed by atoms with Crippen molar-refractivity contribution in [2.75, 3.05) is 38.7 Å². The lowest BCUT2D eigenvalue weighted by atomic mass is 10.2. The summed E-state index contributed by atoms with van der Waals surface area (Å²) in [5.74, 6) is 1.07. The zero-order valence-corrected chi connectivity index (χ0v) is 19.3. The molecule has 1 unspecified atom stereocenters. The minimum absolute atomic E-state index is 0. The Morgan fingerprint density at radius 3 is 2.70 bits per heavy atom. The minimum Gasteiger partial charge on any atom is -0.485 e. The van der Waals surface area contributed by atoms with Gasteiger partial charge in [-0.25, -0.2) is 4.98 Å². The van der Waals surface area contributed by atoms with Crippen LogP contribution in [0.3, 0.4) is 0 Å². The van der Waals surface area contributed by atoms with Crippen molar-refractivity contribution in [1.82, 2.24) is 9.88 Å². The van der Waals surface area contributed by atoms with E-state index in [1.54, 1.807) is 4.90 Å². The molecule has 1 aliphatic heterocycles. The van der Waals surface area contributed by atoms with Crippen LogP contribution in [0.1, 0.15) is 5.56 Å². The third-order valence-electron chi connectivity index (χ3n) is 4.69. The molecule has 1 aliphatic rings. The second-order valence-corrected chi connectivity index (χ2v) is 8.67. The van der Waals surface area contributed by atoms with Gasteiger partial charge in [0.2, 0.25) is 6.10 Å². The Kier molecular flexibility index (Phi) is 7.08. The van der Waals surface area contributed by atoms with Crippen LogP contribution in [0.15, 0.2) is 36.4 Å². The number of benzene rings is 2. The molecule has 0 saturated carbocycles. The van der Waals surface area contributed by atoms with E-state index in [1.807, 2.05) is 62.3 Å². The van der Waals surface area contributed by atoms with Gasteiger partial charge in [-0.2, -0.15) is 0 Å². The molecule has 0 radical (unpaired) electrons. The summed E-state index contributed by atoms with van der Waals surface area (Å²) in [7, 11) is 3.95. The number of halogens is 2. The second-order valence-electron chi connectivity index (χ2n) is 7.22. The van der Waals surface area contributed by atoms with E-state index in [4.69, 9.17) is 26.1 Å². The normalized spacial score (nSPS) is 15.2. The fourth-order valence-electron chi connectivity index (χ4n) is 3.17. The van der Waals surface area contributed by atoms with E-state index in [1.165, 1.54) is 11.3 Å². The largest absolute Gasteiger partial charge is 0.485 e. The van der Waals surface area contributed by atoms with Crippen molar-refractivity contribution < 1.29 is 14.3 Å². The Bertz CT molecular complexity index is 1060. The summed E-state index contributed by atoms with van der Waals surface area (Å²) in [5.41, 5.74) is 1.85. The molecule has 4 rings (SSSR count). The molecule has 9 heteroatoms. The summed E-state index contributed by atoms with van der Waals surface area (Å²) < 4.78 is 12.6. The zero-order chi connectivity index (χ0) is 20.5. The maximum absolute atomic E-state index is 13.4. The molecule has 0 N–H and O–H groups in total. The first-order valence-electron chi connectivity index (χ1n) is 9.33. The molecule has 160 valence electrons. The molecule has 1 aromatic heterocycles. The molecule has 3 aromatic rings. The van der Waals surface area contributed by atoms with E-state index in [9.17, 15) is 4.79 Å². The van der Waals surface area contributed by atoms with Crippen LogP contribution in [0.4, 0.5) is 5.13 Å². The molecule has 0 fully saturated rings. The molecule has 0 spiro atoms. The van der Waals surface area contributed by atoms with Gasteiger partial charge >= 0.3 is 0 Å². The van der Waals surface area contributed by atoms with Crippen LogP contribution in [0, 0.1) is 6.92 Å². The standard InChI is InChI=1S/C21H22ClN3O3S.ClH/c1-13-10-14(22)11-18-19(13)23-21(29-18)25(9-8-24(2)3)20(26)17-12-27-15-6-4-5-7-16(15)28-17;/h4-7,10-11,17H,8-9,12H2,1-3H3;1H. The van der Waals surface area contributed by atoms with E-state index in [2.05, 4.69) is 0 Å². The van der Waals surface area contributed by atoms with Crippen molar-refractivity contribution in [1.29, 1.82) is 0 Å². The Morgan fingerprint density at radius 2 is 1.97 bits per heavy atom. The second kappa shape index (κ2) is 9.39. The Labute approximate surface area is 190 Å². The average molecular weight is 468 g/mol. The van der Waals surface area contributed by atoms with Crippen LogP contribution in [-0.4, -0.2) is 55.7 Å². The predicted octanol–water partition coefficient (Wildman–Crippen LogP) is 4.41. The number of fused-ring (bicyclic) bond motifs is 2. The average Bonchev–Trinajstić information content (AvgIpc) is 3.11. The Hall–Kier alpha value is -2.06. The highest BCUT2D eigenvalue weighted by molar-refractivity contribution is 7.22. The van der Waals surface area contributed by atoms with Gasteiger partial charge in [0.1, 0.15) is 6.61 Å². The molecule has 2 heterocycles. The van der Waals surface area contributed by atoms with Crippen molar-refractivity contribution in [3.63, 3.8) is 0 Å². The maximum atomic E-state index is 13.4. The topological polar surface area (TPSA) is 54.9 Å². The number of carbonyl (C=O) groups is 1. The van der Waals surface area contributed by atoms with Crippen LogP contribution >= 0.6 is 35.3 Å². The number of amides is 1. The molecule has 0 saturated heterocycles. The number of nitrogens with zero attached hydrogens (tertiary/aromatic N) is 3. The molecular weight excluding hydrogens is 445 g/mol. The summed E-state index contributed by atoms with van der Waals surface area (Å²) in [6.45, 7) is 3.34. The molecule has 0 aliphatic carbocycles. The highest BCUT2D eigenvalue weighted by Gasteiger charge is 2.33. The highest BCUT2D eigenvalue weighted by Crippen LogP contribution is 2.35. The molecular formula is C21H23Cl2N3O3S. The molecule has 0 bridgehead atoms. The van der Waals surface area contributed by atoms with Gasteiger partial charge in [0.25, 0.3) is 5.91 Å². The number of carbonyl (C=O) groups excluding carboxylic acids is 1. The summed E-state index contributed by atoms with van der Waals surface area (Å²) >= 11 is 7.66. The molecule has 6 nitrogen and oxygen atoms in total. The van der Waals surface area contributed by atoms with Crippen LogP contribution in [-0.2, 0) is 4.79 Å². The summed E-state index contributed by atoms with van der Waals surface area (Å²) in [6, 6.07) is 11.1.